The number of ether oxygens (including phenoxy) is 1. The lowest BCUT2D eigenvalue weighted by atomic mass is 10.2. The van der Waals surface area contributed by atoms with E-state index in [1.165, 1.54) is 5.57 Å². The predicted octanol–water partition coefficient (Wildman–Crippen LogP) is 6.24. The fourth-order valence-corrected chi connectivity index (χ4v) is 1.93. The van der Waals surface area contributed by atoms with Crippen LogP contribution in [0.15, 0.2) is 48.1 Å². The first-order valence-electron chi connectivity index (χ1n) is 11.2. The van der Waals surface area contributed by atoms with Crippen LogP contribution in [-0.2, 0) is 9.53 Å². The van der Waals surface area contributed by atoms with Gasteiger partial charge in [0.25, 0.3) is 0 Å². The number of allylic oxidation sites excluding steroid dienone is 7. The van der Waals surface area contributed by atoms with Crippen LogP contribution in [0.1, 0.15) is 65.7 Å². The Kier molecular flexibility index (Phi) is 22.0. The van der Waals surface area contributed by atoms with Crippen LogP contribution in [0.3, 0.4) is 0 Å². The zero-order valence-electron chi connectivity index (χ0n) is 20.7. The molecule has 0 spiro atoms. The maximum absolute atomic E-state index is 11.4. The Labute approximate surface area is 192 Å². The van der Waals surface area contributed by atoms with Crippen LogP contribution in [0.2, 0.25) is 0 Å². The molecule has 0 radical (unpaired) electrons. The highest BCUT2D eigenvalue weighted by atomic mass is 16.5. The van der Waals surface area contributed by atoms with Gasteiger partial charge in [-0.3, -0.25) is 4.79 Å². The molecular formula is C28H44NO2+. The van der Waals surface area contributed by atoms with Crippen molar-refractivity contribution in [1.82, 2.24) is 0 Å². The molecule has 31 heavy (non-hydrogen) atoms. The van der Waals surface area contributed by atoms with Gasteiger partial charge >= 0.3 is 5.97 Å². The minimum atomic E-state index is -0.166. The maximum atomic E-state index is 11.4. The number of likely N-dealkylation sites (N-methyl/N-ethyl adjacent to an activating group) is 1. The summed E-state index contributed by atoms with van der Waals surface area (Å²) in [6.45, 7) is 7.68. The lowest BCUT2D eigenvalue weighted by Gasteiger charge is -2.23. The summed E-state index contributed by atoms with van der Waals surface area (Å²) < 4.78 is 5.95. The summed E-state index contributed by atoms with van der Waals surface area (Å²) in [5.41, 5.74) is 1.44. The van der Waals surface area contributed by atoms with Crippen LogP contribution >= 0.6 is 0 Å². The third-order valence-corrected chi connectivity index (χ3v) is 4.00. The fourth-order valence-electron chi connectivity index (χ4n) is 1.93. The lowest BCUT2D eigenvalue weighted by molar-refractivity contribution is -0.870. The molecule has 0 aromatic heterocycles. The average molecular weight is 427 g/mol. The molecule has 0 atom stereocenters. The SMILES string of the molecule is C#CC/C=C\C/C=C\C/C=C\CC(=O)OCC[N+](C)(C)C.CCC#CC/C=C(/C)CC. The van der Waals surface area contributed by atoms with Gasteiger partial charge in [-0.15, -0.1) is 18.3 Å². The Morgan fingerprint density at radius 2 is 1.55 bits per heavy atom. The van der Waals surface area contributed by atoms with Gasteiger partial charge in [0.05, 0.1) is 27.6 Å². The minimum Gasteiger partial charge on any atom is -0.459 e. The molecule has 0 aromatic carbocycles. The van der Waals surface area contributed by atoms with Crippen molar-refractivity contribution in [3.63, 3.8) is 0 Å². The molecule has 0 rings (SSSR count). The number of quaternary nitrogens is 1. The largest absolute Gasteiger partial charge is 0.459 e. The van der Waals surface area contributed by atoms with Crippen LogP contribution in [0, 0.1) is 24.2 Å². The number of nitrogens with zero attached hydrogens (tertiary/aromatic N) is 1. The van der Waals surface area contributed by atoms with Crippen LogP contribution in [-0.4, -0.2) is 44.7 Å². The van der Waals surface area contributed by atoms with Crippen molar-refractivity contribution in [2.45, 2.75) is 65.7 Å². The third-order valence-electron chi connectivity index (χ3n) is 4.00. The molecular weight excluding hydrogens is 382 g/mol. The molecule has 3 nitrogen and oxygen atoms in total. The van der Waals surface area contributed by atoms with E-state index in [1.54, 1.807) is 0 Å². The second kappa shape index (κ2) is 22.2. The highest BCUT2D eigenvalue weighted by Crippen LogP contribution is 1.98. The van der Waals surface area contributed by atoms with Gasteiger partial charge < -0.3 is 9.22 Å². The molecule has 172 valence electrons. The molecule has 0 bridgehead atoms. The molecule has 0 amide bonds. The number of hydrogen-bond acceptors (Lipinski definition) is 2. The van der Waals surface area contributed by atoms with Crippen molar-refractivity contribution >= 4 is 5.97 Å². The van der Waals surface area contributed by atoms with Gasteiger partial charge in [-0.05, 0) is 26.2 Å². The molecule has 0 aliphatic heterocycles. The van der Waals surface area contributed by atoms with E-state index >= 15 is 0 Å². The molecule has 0 aliphatic carbocycles. The van der Waals surface area contributed by atoms with Gasteiger partial charge in [-0.1, -0.05) is 67.9 Å². The highest BCUT2D eigenvalue weighted by molar-refractivity contribution is 5.71. The van der Waals surface area contributed by atoms with Crippen molar-refractivity contribution in [2.24, 2.45) is 0 Å². The smallest absolute Gasteiger partial charge is 0.309 e. The Morgan fingerprint density at radius 3 is 2.10 bits per heavy atom. The number of esters is 1. The van der Waals surface area contributed by atoms with Crippen LogP contribution in [0.4, 0.5) is 0 Å². The first kappa shape index (κ1) is 30.7. The van der Waals surface area contributed by atoms with E-state index in [2.05, 4.69) is 77.9 Å². The van der Waals surface area contributed by atoms with E-state index < -0.39 is 0 Å². The Morgan fingerprint density at radius 1 is 0.935 bits per heavy atom. The maximum Gasteiger partial charge on any atom is 0.309 e. The quantitative estimate of drug-likeness (QED) is 0.160. The highest BCUT2D eigenvalue weighted by Gasteiger charge is 2.08. The molecule has 3 heteroatoms. The van der Waals surface area contributed by atoms with E-state index in [9.17, 15) is 4.79 Å². The van der Waals surface area contributed by atoms with E-state index in [1.807, 2.05) is 24.3 Å². The van der Waals surface area contributed by atoms with Crippen LogP contribution in [0.25, 0.3) is 0 Å². The fraction of sp³-hybridized carbons (Fsp3) is 0.536. The number of carbonyl (C=O) groups is 1. The Balaban J connectivity index is 0. The first-order chi connectivity index (χ1) is 14.8. The summed E-state index contributed by atoms with van der Waals surface area (Å²) in [7, 11) is 6.21. The standard InChI is InChI=1S/C18H28NO2.C10H16/c1-5-6-7-8-9-10-11-12-13-14-15-18(20)21-17-16-19(2,3)4;1-4-6-7-8-9-10(3)5-2/h1,7-8,10-11,13-14H,6,9,12,15-17H2,2-4H3;9H,4-5,8H2,1-3H3/q+1;/b8-7-,11-10-,14-13-;10-9-. The second-order valence-electron chi connectivity index (χ2n) is 8.05. The molecule has 0 saturated carbocycles. The summed E-state index contributed by atoms with van der Waals surface area (Å²) in [5, 5.41) is 0. The summed E-state index contributed by atoms with van der Waals surface area (Å²) in [6, 6.07) is 0. The molecule has 0 heterocycles. The molecule has 0 aliphatic rings. The zero-order valence-corrected chi connectivity index (χ0v) is 20.7. The molecule has 0 fully saturated rings. The van der Waals surface area contributed by atoms with E-state index in [4.69, 9.17) is 11.2 Å². The van der Waals surface area contributed by atoms with Crippen molar-refractivity contribution in [3.8, 4) is 24.2 Å². The molecule has 0 unspecified atom stereocenters. The summed E-state index contributed by atoms with van der Waals surface area (Å²) >= 11 is 0. The topological polar surface area (TPSA) is 26.3 Å². The number of hydrogen-bond donors (Lipinski definition) is 0. The molecule has 0 aromatic rings. The van der Waals surface area contributed by atoms with Crippen molar-refractivity contribution < 1.29 is 14.0 Å². The average Bonchev–Trinajstić information content (AvgIpc) is 2.72. The van der Waals surface area contributed by atoms with Crippen molar-refractivity contribution in [2.75, 3.05) is 34.3 Å². The number of carbonyl (C=O) groups excluding carboxylic acids is 1. The monoisotopic (exact) mass is 426 g/mol. The van der Waals surface area contributed by atoms with Crippen LogP contribution in [0.5, 0.6) is 0 Å². The van der Waals surface area contributed by atoms with Gasteiger partial charge in [-0.2, -0.15) is 0 Å². The third kappa shape index (κ3) is 29.8. The van der Waals surface area contributed by atoms with E-state index in [0.29, 0.717) is 19.4 Å². The van der Waals surface area contributed by atoms with E-state index in [-0.39, 0.29) is 5.97 Å². The molecule has 0 N–H and O–H groups in total. The van der Waals surface area contributed by atoms with Gasteiger partial charge in [-0.25, -0.2) is 0 Å². The van der Waals surface area contributed by atoms with E-state index in [0.717, 1.165) is 43.1 Å². The van der Waals surface area contributed by atoms with Crippen LogP contribution < -0.4 is 0 Å². The summed E-state index contributed by atoms with van der Waals surface area (Å²) in [4.78, 5) is 11.4. The number of terminal acetylenes is 1. The summed E-state index contributed by atoms with van der Waals surface area (Å²) in [5.74, 6) is 8.49. The Bertz CT molecular complexity index is 671. The summed E-state index contributed by atoms with van der Waals surface area (Å²) in [6.07, 6.45) is 25.1. The first-order valence-corrected chi connectivity index (χ1v) is 11.2. The Hall–Kier alpha value is -2.49. The van der Waals surface area contributed by atoms with Crippen molar-refractivity contribution in [1.29, 1.82) is 0 Å². The second-order valence-corrected chi connectivity index (χ2v) is 8.05. The van der Waals surface area contributed by atoms with Gasteiger partial charge in [0.1, 0.15) is 13.2 Å². The van der Waals surface area contributed by atoms with Gasteiger partial charge in [0, 0.05) is 19.3 Å². The lowest BCUT2D eigenvalue weighted by Crippen LogP contribution is -2.37. The number of rotatable bonds is 12. The normalized spacial score (nSPS) is 11.7. The minimum absolute atomic E-state index is 0.166. The van der Waals surface area contributed by atoms with Gasteiger partial charge in [0.15, 0.2) is 0 Å². The predicted molar refractivity (Wildman–Crippen MR) is 135 cm³/mol. The van der Waals surface area contributed by atoms with Crippen molar-refractivity contribution in [3.05, 3.63) is 48.1 Å². The molecule has 0 saturated heterocycles. The zero-order chi connectivity index (χ0) is 23.8. The van der Waals surface area contributed by atoms with Gasteiger partial charge in [0.2, 0.25) is 0 Å².